The molecule has 126 valence electrons. The van der Waals surface area contributed by atoms with Gasteiger partial charge in [-0.1, -0.05) is 6.07 Å². The first-order chi connectivity index (χ1) is 10.8. The fourth-order valence-corrected chi connectivity index (χ4v) is 3.54. The highest BCUT2D eigenvalue weighted by Gasteiger charge is 2.39. The second-order valence-corrected chi connectivity index (χ2v) is 8.16. The minimum atomic E-state index is -3.77. The molecule has 3 N–H and O–H groups in total. The van der Waals surface area contributed by atoms with Gasteiger partial charge in [-0.3, -0.25) is 9.69 Å². The molecular weight excluding hydrogens is 314 g/mol. The number of benzene rings is 1. The first-order valence-corrected chi connectivity index (χ1v) is 9.57. The van der Waals surface area contributed by atoms with Gasteiger partial charge in [0.05, 0.1) is 11.4 Å². The Morgan fingerprint density at radius 1 is 1.35 bits per heavy atom. The van der Waals surface area contributed by atoms with Gasteiger partial charge in [-0.05, 0) is 56.7 Å². The number of rotatable bonds is 7. The Kier molecular flexibility index (Phi) is 4.44. The van der Waals surface area contributed by atoms with Crippen LogP contribution in [0.3, 0.4) is 0 Å². The average Bonchev–Trinajstić information content (AvgIpc) is 3.37. The van der Waals surface area contributed by atoms with Gasteiger partial charge in [0.1, 0.15) is 0 Å². The maximum atomic E-state index is 12.3. The highest BCUT2D eigenvalue weighted by Crippen LogP contribution is 2.39. The highest BCUT2D eigenvalue weighted by atomic mass is 32.2. The fraction of sp³-hybridized carbons (Fsp3) is 0.562. The first kappa shape index (κ1) is 16.4. The van der Waals surface area contributed by atoms with E-state index in [9.17, 15) is 13.2 Å². The van der Waals surface area contributed by atoms with Crippen molar-refractivity contribution in [1.82, 2.24) is 4.90 Å². The Labute approximate surface area is 137 Å². The maximum absolute atomic E-state index is 12.3. The molecule has 2 fully saturated rings. The molecule has 0 bridgehead atoms. The van der Waals surface area contributed by atoms with Crippen LogP contribution in [0.25, 0.3) is 0 Å². The summed E-state index contributed by atoms with van der Waals surface area (Å²) in [6.45, 7) is 2.55. The van der Waals surface area contributed by atoms with E-state index in [1.165, 1.54) is 25.0 Å². The van der Waals surface area contributed by atoms with Crippen molar-refractivity contribution in [2.75, 3.05) is 11.9 Å². The summed E-state index contributed by atoms with van der Waals surface area (Å²) in [5.41, 5.74) is 0.455. The van der Waals surface area contributed by atoms with E-state index in [0.29, 0.717) is 30.2 Å². The van der Waals surface area contributed by atoms with Crippen LogP contribution in [0.5, 0.6) is 0 Å². The Hall–Kier alpha value is -1.44. The summed E-state index contributed by atoms with van der Waals surface area (Å²) in [6, 6.07) is 6.99. The third-order valence-electron chi connectivity index (χ3n) is 4.62. The number of hydrogen-bond donors (Lipinski definition) is 2. The normalized spacial score (nSPS) is 19.6. The quantitative estimate of drug-likeness (QED) is 0.789. The number of primary sulfonamides is 1. The number of nitrogens with zero attached hydrogens (tertiary/aromatic N) is 1. The average molecular weight is 337 g/mol. The lowest BCUT2D eigenvalue weighted by Gasteiger charge is -2.28. The Bertz CT molecular complexity index is 696. The third-order valence-corrected chi connectivity index (χ3v) is 5.53. The molecule has 1 aromatic rings. The predicted molar refractivity (Wildman–Crippen MR) is 88.4 cm³/mol. The molecule has 7 heteroatoms. The highest BCUT2D eigenvalue weighted by molar-refractivity contribution is 7.89. The van der Waals surface area contributed by atoms with Crippen molar-refractivity contribution in [2.45, 2.75) is 49.6 Å². The monoisotopic (exact) mass is 337 g/mol. The second kappa shape index (κ2) is 6.22. The van der Waals surface area contributed by atoms with Crippen LogP contribution in [0.4, 0.5) is 5.69 Å². The van der Waals surface area contributed by atoms with E-state index in [1.807, 2.05) is 0 Å². The molecule has 23 heavy (non-hydrogen) atoms. The minimum Gasteiger partial charge on any atom is -0.325 e. The van der Waals surface area contributed by atoms with Crippen LogP contribution in [-0.2, 0) is 14.8 Å². The standard InChI is InChI=1S/C16H23N3O3S/c1-11(12-5-6-12)19(14-7-8-14)10-16(20)18-13-3-2-4-15(9-13)23(17,21)22/h2-4,9,11-12,14H,5-8,10H2,1H3,(H,18,20)(H2,17,21,22). The molecule has 6 nitrogen and oxygen atoms in total. The molecule has 0 aliphatic heterocycles. The van der Waals surface area contributed by atoms with E-state index in [0.717, 1.165) is 12.8 Å². The van der Waals surface area contributed by atoms with Crippen molar-refractivity contribution in [3.05, 3.63) is 24.3 Å². The lowest BCUT2D eigenvalue weighted by atomic mass is 10.1. The van der Waals surface area contributed by atoms with Gasteiger partial charge in [0.2, 0.25) is 15.9 Å². The molecule has 1 aromatic carbocycles. The van der Waals surface area contributed by atoms with Crippen LogP contribution >= 0.6 is 0 Å². The molecule has 0 saturated heterocycles. The van der Waals surface area contributed by atoms with Crippen LogP contribution < -0.4 is 10.5 Å². The number of sulfonamides is 1. The lowest BCUT2D eigenvalue weighted by Crippen LogP contribution is -2.42. The largest absolute Gasteiger partial charge is 0.325 e. The molecule has 1 unspecified atom stereocenters. The summed E-state index contributed by atoms with van der Waals surface area (Å²) in [5.74, 6) is 0.602. The van der Waals surface area contributed by atoms with Crippen molar-refractivity contribution >= 4 is 21.6 Å². The van der Waals surface area contributed by atoms with Crippen molar-refractivity contribution in [3.8, 4) is 0 Å². The zero-order valence-electron chi connectivity index (χ0n) is 13.2. The summed E-state index contributed by atoms with van der Waals surface area (Å²) in [4.78, 5) is 14.6. The van der Waals surface area contributed by atoms with Gasteiger partial charge in [-0.2, -0.15) is 0 Å². The topological polar surface area (TPSA) is 92.5 Å². The maximum Gasteiger partial charge on any atom is 0.238 e. The van der Waals surface area contributed by atoms with Crippen LogP contribution in [-0.4, -0.2) is 37.9 Å². The molecule has 0 spiro atoms. The summed E-state index contributed by atoms with van der Waals surface area (Å²) in [5, 5.41) is 7.90. The predicted octanol–water partition coefficient (Wildman–Crippen LogP) is 1.54. The molecule has 2 aliphatic rings. The Morgan fingerprint density at radius 2 is 2.04 bits per heavy atom. The molecule has 0 radical (unpaired) electrons. The molecule has 2 saturated carbocycles. The molecule has 2 aliphatic carbocycles. The lowest BCUT2D eigenvalue weighted by molar-refractivity contribution is -0.118. The number of carbonyl (C=O) groups is 1. The van der Waals surface area contributed by atoms with Gasteiger partial charge in [-0.15, -0.1) is 0 Å². The van der Waals surface area contributed by atoms with E-state index in [4.69, 9.17) is 5.14 Å². The van der Waals surface area contributed by atoms with Gasteiger partial charge in [0.25, 0.3) is 0 Å². The van der Waals surface area contributed by atoms with Crippen molar-refractivity contribution in [2.24, 2.45) is 11.1 Å². The molecular formula is C16H23N3O3S. The number of nitrogens with two attached hydrogens (primary N) is 1. The van der Waals surface area contributed by atoms with E-state index >= 15 is 0 Å². The van der Waals surface area contributed by atoms with Gasteiger partial charge in [-0.25, -0.2) is 13.6 Å². The van der Waals surface area contributed by atoms with Gasteiger partial charge in [0.15, 0.2) is 0 Å². The number of amides is 1. The van der Waals surface area contributed by atoms with Crippen molar-refractivity contribution in [3.63, 3.8) is 0 Å². The zero-order valence-corrected chi connectivity index (χ0v) is 14.1. The van der Waals surface area contributed by atoms with Gasteiger partial charge < -0.3 is 5.32 Å². The number of hydrogen-bond acceptors (Lipinski definition) is 4. The SMILES string of the molecule is CC(C1CC1)N(CC(=O)Nc1cccc(S(N)(=O)=O)c1)C1CC1. The minimum absolute atomic E-state index is 0.000646. The first-order valence-electron chi connectivity index (χ1n) is 8.03. The van der Waals surface area contributed by atoms with Crippen LogP contribution in [0.2, 0.25) is 0 Å². The van der Waals surface area contributed by atoms with Gasteiger partial charge in [0, 0.05) is 17.8 Å². The Morgan fingerprint density at radius 3 is 2.61 bits per heavy atom. The molecule has 0 heterocycles. The van der Waals surface area contributed by atoms with Crippen molar-refractivity contribution < 1.29 is 13.2 Å². The van der Waals surface area contributed by atoms with E-state index < -0.39 is 10.0 Å². The van der Waals surface area contributed by atoms with Crippen LogP contribution in [0.1, 0.15) is 32.6 Å². The van der Waals surface area contributed by atoms with E-state index in [2.05, 4.69) is 17.1 Å². The summed E-state index contributed by atoms with van der Waals surface area (Å²) in [6.07, 6.45) is 4.82. The van der Waals surface area contributed by atoms with Gasteiger partial charge >= 0.3 is 0 Å². The Balaban J connectivity index is 1.64. The summed E-state index contributed by atoms with van der Waals surface area (Å²) in [7, 11) is -3.77. The number of anilines is 1. The van der Waals surface area contributed by atoms with Crippen LogP contribution in [0, 0.1) is 5.92 Å². The fourth-order valence-electron chi connectivity index (χ4n) is 2.98. The smallest absolute Gasteiger partial charge is 0.238 e. The number of nitrogens with one attached hydrogen (secondary N) is 1. The molecule has 1 amide bonds. The summed E-state index contributed by atoms with van der Waals surface area (Å²) < 4.78 is 22.7. The van der Waals surface area contributed by atoms with Crippen molar-refractivity contribution in [1.29, 1.82) is 0 Å². The number of carbonyl (C=O) groups excluding carboxylic acids is 1. The summed E-state index contributed by atoms with van der Waals surface area (Å²) >= 11 is 0. The van der Waals surface area contributed by atoms with Crippen LogP contribution in [0.15, 0.2) is 29.2 Å². The van der Waals surface area contributed by atoms with E-state index in [1.54, 1.807) is 12.1 Å². The molecule has 0 aromatic heterocycles. The molecule has 3 rings (SSSR count). The van der Waals surface area contributed by atoms with E-state index in [-0.39, 0.29) is 10.8 Å². The zero-order chi connectivity index (χ0) is 16.6. The second-order valence-electron chi connectivity index (χ2n) is 6.60. The molecule has 1 atom stereocenters. The third kappa shape index (κ3) is 4.31.